The molecule has 0 bridgehead atoms. The Kier molecular flexibility index (Phi) is 4.63. The van der Waals surface area contributed by atoms with Gasteiger partial charge in [-0.1, -0.05) is 17.8 Å². The molecule has 1 aromatic heterocycles. The minimum Gasteiger partial charge on any atom is -0.497 e. The largest absolute Gasteiger partial charge is 0.497 e. The van der Waals surface area contributed by atoms with Crippen LogP contribution in [0.2, 0.25) is 0 Å². The molecular weight excluding hydrogens is 356 g/mol. The molecule has 0 aliphatic heterocycles. The molecule has 0 unspecified atom stereocenters. The lowest BCUT2D eigenvalue weighted by Gasteiger charge is -2.11. The average molecular weight is 373 g/mol. The first-order chi connectivity index (χ1) is 12.7. The van der Waals surface area contributed by atoms with Crippen LogP contribution in [0.15, 0.2) is 47.6 Å². The van der Waals surface area contributed by atoms with Gasteiger partial charge in [-0.3, -0.25) is 4.57 Å². The maximum absolute atomic E-state index is 13.9. The second-order valence-corrected chi connectivity index (χ2v) is 7.12. The lowest BCUT2D eigenvalue weighted by atomic mass is 10.2. The molecular formula is C19H17F2N3OS. The van der Waals surface area contributed by atoms with E-state index in [1.165, 1.54) is 23.9 Å². The van der Waals surface area contributed by atoms with Crippen LogP contribution in [0.4, 0.5) is 8.78 Å². The molecule has 0 amide bonds. The van der Waals surface area contributed by atoms with Gasteiger partial charge in [0.1, 0.15) is 23.2 Å². The van der Waals surface area contributed by atoms with Crippen LogP contribution in [-0.4, -0.2) is 21.9 Å². The van der Waals surface area contributed by atoms with Crippen molar-refractivity contribution in [2.45, 2.75) is 29.7 Å². The number of aromatic nitrogens is 3. The van der Waals surface area contributed by atoms with E-state index in [9.17, 15) is 8.78 Å². The highest BCUT2D eigenvalue weighted by Crippen LogP contribution is 2.41. The topological polar surface area (TPSA) is 39.9 Å². The number of hydrogen-bond acceptors (Lipinski definition) is 4. The van der Waals surface area contributed by atoms with Crippen molar-refractivity contribution >= 4 is 11.8 Å². The Morgan fingerprint density at radius 1 is 1.12 bits per heavy atom. The molecule has 26 heavy (non-hydrogen) atoms. The van der Waals surface area contributed by atoms with Gasteiger partial charge in [-0.05, 0) is 48.7 Å². The maximum atomic E-state index is 13.9. The number of halogens is 2. The van der Waals surface area contributed by atoms with E-state index < -0.39 is 11.6 Å². The Bertz CT molecular complexity index is 923. The van der Waals surface area contributed by atoms with E-state index in [1.54, 1.807) is 7.11 Å². The Labute approximate surface area is 154 Å². The normalized spacial score (nSPS) is 13.8. The van der Waals surface area contributed by atoms with E-state index in [2.05, 4.69) is 10.2 Å². The molecule has 1 fully saturated rings. The lowest BCUT2D eigenvalue weighted by Crippen LogP contribution is -2.02. The third-order valence-electron chi connectivity index (χ3n) is 4.30. The first-order valence-corrected chi connectivity index (χ1v) is 9.30. The van der Waals surface area contributed by atoms with Crippen LogP contribution in [0, 0.1) is 11.6 Å². The predicted octanol–water partition coefficient (Wildman–Crippen LogP) is 4.72. The Morgan fingerprint density at radius 2 is 1.88 bits per heavy atom. The summed E-state index contributed by atoms with van der Waals surface area (Å²) in [5.74, 6) is 1.35. The van der Waals surface area contributed by atoms with Crippen molar-refractivity contribution in [1.29, 1.82) is 0 Å². The molecule has 1 aliphatic carbocycles. The highest BCUT2D eigenvalue weighted by Gasteiger charge is 2.31. The van der Waals surface area contributed by atoms with Gasteiger partial charge in [-0.2, -0.15) is 0 Å². The highest BCUT2D eigenvalue weighted by atomic mass is 32.2. The predicted molar refractivity (Wildman–Crippen MR) is 95.8 cm³/mol. The van der Waals surface area contributed by atoms with Gasteiger partial charge >= 0.3 is 0 Å². The molecule has 1 aliphatic rings. The molecule has 2 aromatic carbocycles. The number of ether oxygens (including phenoxy) is 1. The molecule has 0 spiro atoms. The van der Waals surface area contributed by atoms with Crippen LogP contribution < -0.4 is 4.74 Å². The monoisotopic (exact) mass is 373 g/mol. The molecule has 0 N–H and O–H groups in total. The second kappa shape index (κ2) is 7.07. The van der Waals surface area contributed by atoms with E-state index in [1.807, 2.05) is 28.8 Å². The van der Waals surface area contributed by atoms with E-state index in [-0.39, 0.29) is 0 Å². The first kappa shape index (κ1) is 17.0. The van der Waals surface area contributed by atoms with Crippen LogP contribution in [0.25, 0.3) is 5.69 Å². The fourth-order valence-electron chi connectivity index (χ4n) is 2.74. The van der Waals surface area contributed by atoms with E-state index in [0.29, 0.717) is 22.4 Å². The van der Waals surface area contributed by atoms with E-state index >= 15 is 0 Å². The van der Waals surface area contributed by atoms with Crippen LogP contribution >= 0.6 is 11.8 Å². The van der Waals surface area contributed by atoms with Crippen molar-refractivity contribution in [2.75, 3.05) is 7.11 Å². The summed E-state index contributed by atoms with van der Waals surface area (Å²) in [7, 11) is 1.63. The SMILES string of the molecule is COc1ccc(-n2c(SCc3ccc(F)cc3F)nnc2C2CC2)cc1. The van der Waals surface area contributed by atoms with Crippen molar-refractivity contribution in [3.8, 4) is 11.4 Å². The standard InChI is InChI=1S/C19H17F2N3OS/c1-25-16-8-6-15(7-9-16)24-18(12-2-3-12)22-23-19(24)26-11-13-4-5-14(20)10-17(13)21/h4-10,12H,2-3,11H2,1H3. The van der Waals surface area contributed by atoms with Crippen molar-refractivity contribution in [3.63, 3.8) is 0 Å². The van der Waals surface area contributed by atoms with Gasteiger partial charge in [0, 0.05) is 23.4 Å². The zero-order valence-electron chi connectivity index (χ0n) is 14.2. The summed E-state index contributed by atoms with van der Waals surface area (Å²) in [5.41, 5.74) is 1.38. The van der Waals surface area contributed by atoms with Crippen molar-refractivity contribution in [1.82, 2.24) is 14.8 Å². The van der Waals surface area contributed by atoms with Crippen molar-refractivity contribution < 1.29 is 13.5 Å². The third-order valence-corrected chi connectivity index (χ3v) is 5.28. The van der Waals surface area contributed by atoms with Crippen LogP contribution in [0.3, 0.4) is 0 Å². The Morgan fingerprint density at radius 3 is 2.54 bits per heavy atom. The average Bonchev–Trinajstić information content (AvgIpc) is 3.41. The van der Waals surface area contributed by atoms with E-state index in [0.717, 1.165) is 36.2 Å². The summed E-state index contributed by atoms with van der Waals surface area (Å²) in [4.78, 5) is 0. The van der Waals surface area contributed by atoms with E-state index in [4.69, 9.17) is 4.74 Å². The van der Waals surface area contributed by atoms with Crippen LogP contribution in [0.5, 0.6) is 5.75 Å². The van der Waals surface area contributed by atoms with Gasteiger partial charge in [-0.25, -0.2) is 8.78 Å². The fourth-order valence-corrected chi connectivity index (χ4v) is 3.68. The number of thioether (sulfide) groups is 1. The first-order valence-electron chi connectivity index (χ1n) is 8.32. The molecule has 1 saturated carbocycles. The molecule has 0 saturated heterocycles. The number of nitrogens with zero attached hydrogens (tertiary/aromatic N) is 3. The molecule has 0 atom stereocenters. The van der Waals surface area contributed by atoms with Gasteiger partial charge in [-0.15, -0.1) is 10.2 Å². The van der Waals surface area contributed by atoms with Crippen molar-refractivity contribution in [3.05, 3.63) is 65.5 Å². The number of rotatable bonds is 6. The van der Waals surface area contributed by atoms with Crippen molar-refractivity contribution in [2.24, 2.45) is 0 Å². The quantitative estimate of drug-likeness (QED) is 0.586. The Balaban J connectivity index is 1.63. The van der Waals surface area contributed by atoms with Gasteiger partial charge in [0.05, 0.1) is 7.11 Å². The molecule has 3 aromatic rings. The summed E-state index contributed by atoms with van der Waals surface area (Å²) in [5, 5.41) is 9.36. The molecule has 134 valence electrons. The maximum Gasteiger partial charge on any atom is 0.196 e. The Hall–Kier alpha value is -2.41. The smallest absolute Gasteiger partial charge is 0.196 e. The summed E-state index contributed by atoms with van der Waals surface area (Å²) >= 11 is 1.39. The van der Waals surface area contributed by atoms with Crippen LogP contribution in [0.1, 0.15) is 30.1 Å². The minimum absolute atomic E-state index is 0.352. The molecule has 4 nitrogen and oxygen atoms in total. The zero-order chi connectivity index (χ0) is 18.1. The number of methoxy groups -OCH3 is 1. The summed E-state index contributed by atoms with van der Waals surface area (Å²) in [6.07, 6.45) is 2.21. The molecule has 1 heterocycles. The summed E-state index contributed by atoms with van der Waals surface area (Å²) in [6.45, 7) is 0. The minimum atomic E-state index is -0.575. The number of hydrogen-bond donors (Lipinski definition) is 0. The molecule has 7 heteroatoms. The lowest BCUT2D eigenvalue weighted by molar-refractivity contribution is 0.414. The molecule has 4 rings (SSSR count). The zero-order valence-corrected chi connectivity index (χ0v) is 15.0. The van der Waals surface area contributed by atoms with Crippen LogP contribution in [-0.2, 0) is 5.75 Å². The van der Waals surface area contributed by atoms with Gasteiger partial charge in [0.2, 0.25) is 0 Å². The fraction of sp³-hybridized carbons (Fsp3) is 0.263. The highest BCUT2D eigenvalue weighted by molar-refractivity contribution is 7.98. The summed E-state index contributed by atoms with van der Waals surface area (Å²) in [6, 6.07) is 11.3. The third kappa shape index (κ3) is 3.44. The van der Waals surface area contributed by atoms with Gasteiger partial charge in [0.25, 0.3) is 0 Å². The van der Waals surface area contributed by atoms with Gasteiger partial charge in [0.15, 0.2) is 5.16 Å². The van der Waals surface area contributed by atoms with Gasteiger partial charge < -0.3 is 4.74 Å². The molecule has 0 radical (unpaired) electrons. The summed E-state index contributed by atoms with van der Waals surface area (Å²) < 4.78 is 34.2. The number of benzene rings is 2. The second-order valence-electron chi connectivity index (χ2n) is 6.17.